The summed E-state index contributed by atoms with van der Waals surface area (Å²) in [5, 5.41) is 10.9. The summed E-state index contributed by atoms with van der Waals surface area (Å²) in [7, 11) is 0. The molecule has 0 radical (unpaired) electrons. The van der Waals surface area contributed by atoms with Gasteiger partial charge >= 0.3 is 0 Å². The van der Waals surface area contributed by atoms with E-state index in [0.29, 0.717) is 29.8 Å². The van der Waals surface area contributed by atoms with Gasteiger partial charge in [-0.15, -0.1) is 0 Å². The average Bonchev–Trinajstić information content (AvgIpc) is 2.71. The van der Waals surface area contributed by atoms with Crippen LogP contribution in [-0.4, -0.2) is 9.67 Å². The maximum Gasteiger partial charge on any atom is 0.255 e. The van der Waals surface area contributed by atoms with E-state index in [9.17, 15) is 9.90 Å². The molecule has 4 rings (SSSR count). The van der Waals surface area contributed by atoms with Crippen LogP contribution in [0.15, 0.2) is 89.7 Å². The lowest BCUT2D eigenvalue weighted by Gasteiger charge is -2.13. The van der Waals surface area contributed by atoms with E-state index in [4.69, 9.17) is 4.74 Å². The Hall–Kier alpha value is -3.53. The number of hydrogen-bond donors (Lipinski definition) is 1. The highest BCUT2D eigenvalue weighted by Gasteiger charge is 2.10. The summed E-state index contributed by atoms with van der Waals surface area (Å²) in [5.74, 6) is 0.607. The first-order chi connectivity index (χ1) is 13.2. The zero-order valence-corrected chi connectivity index (χ0v) is 14.7. The second-order valence-electron chi connectivity index (χ2n) is 6.39. The minimum Gasteiger partial charge on any atom is -0.507 e. The Balaban J connectivity index is 1.68. The average molecular weight is 357 g/mol. The van der Waals surface area contributed by atoms with E-state index < -0.39 is 0 Å². The van der Waals surface area contributed by atoms with E-state index in [1.807, 2.05) is 72.8 Å². The van der Waals surface area contributed by atoms with Gasteiger partial charge in [0, 0.05) is 11.5 Å². The van der Waals surface area contributed by atoms with Gasteiger partial charge in [0.15, 0.2) is 0 Å². The Morgan fingerprint density at radius 3 is 2.19 bits per heavy atom. The molecule has 4 aromatic rings. The van der Waals surface area contributed by atoms with Crippen LogP contribution in [-0.2, 0) is 13.2 Å². The van der Waals surface area contributed by atoms with Crippen molar-refractivity contribution in [3.63, 3.8) is 0 Å². The summed E-state index contributed by atoms with van der Waals surface area (Å²) in [6.45, 7) is 0.886. The first-order valence-electron chi connectivity index (χ1n) is 8.78. The van der Waals surface area contributed by atoms with Crippen LogP contribution < -0.4 is 10.3 Å². The number of benzene rings is 3. The zero-order valence-electron chi connectivity index (χ0n) is 14.7. The van der Waals surface area contributed by atoms with E-state index >= 15 is 0 Å². The van der Waals surface area contributed by atoms with Crippen molar-refractivity contribution in [1.82, 2.24) is 4.57 Å². The highest BCUT2D eigenvalue weighted by atomic mass is 16.5. The first-order valence-corrected chi connectivity index (χ1v) is 8.78. The second-order valence-corrected chi connectivity index (χ2v) is 6.39. The van der Waals surface area contributed by atoms with Crippen LogP contribution in [0, 0.1) is 0 Å². The molecule has 134 valence electrons. The van der Waals surface area contributed by atoms with Crippen LogP contribution in [0.5, 0.6) is 11.5 Å². The fourth-order valence-electron chi connectivity index (χ4n) is 3.11. The fourth-order valence-corrected chi connectivity index (χ4v) is 3.11. The minimum atomic E-state index is -0.234. The van der Waals surface area contributed by atoms with Crippen LogP contribution in [0.25, 0.3) is 10.9 Å². The number of nitrogens with zero attached hydrogens (tertiary/aromatic N) is 1. The molecule has 0 aliphatic carbocycles. The predicted molar refractivity (Wildman–Crippen MR) is 106 cm³/mol. The molecule has 1 heterocycles. The molecule has 0 unspecified atom stereocenters. The third-order valence-corrected chi connectivity index (χ3v) is 4.49. The van der Waals surface area contributed by atoms with Crippen molar-refractivity contribution >= 4 is 10.9 Å². The Morgan fingerprint density at radius 1 is 0.815 bits per heavy atom. The SMILES string of the molecule is O=c1cc(O)c2cc(OCc3ccccc3)ccc2n1Cc1ccccc1. The van der Waals surface area contributed by atoms with Crippen LogP contribution in [0.4, 0.5) is 0 Å². The van der Waals surface area contributed by atoms with Gasteiger partial charge in [-0.25, -0.2) is 0 Å². The van der Waals surface area contributed by atoms with Crippen LogP contribution >= 0.6 is 0 Å². The highest BCUT2D eigenvalue weighted by molar-refractivity contribution is 5.86. The number of rotatable bonds is 5. The molecule has 0 aliphatic rings. The Kier molecular flexibility index (Phi) is 4.62. The zero-order chi connectivity index (χ0) is 18.6. The lowest BCUT2D eigenvalue weighted by molar-refractivity contribution is 0.306. The van der Waals surface area contributed by atoms with Gasteiger partial charge in [0.1, 0.15) is 18.1 Å². The number of pyridine rings is 1. The third kappa shape index (κ3) is 3.70. The van der Waals surface area contributed by atoms with Gasteiger partial charge < -0.3 is 14.4 Å². The highest BCUT2D eigenvalue weighted by Crippen LogP contribution is 2.27. The number of fused-ring (bicyclic) bond motifs is 1. The summed E-state index contributed by atoms with van der Waals surface area (Å²) in [6, 6.07) is 26.3. The molecule has 0 amide bonds. The second kappa shape index (κ2) is 7.38. The summed E-state index contributed by atoms with van der Waals surface area (Å²) >= 11 is 0. The summed E-state index contributed by atoms with van der Waals surface area (Å²) in [4.78, 5) is 12.4. The number of hydrogen-bond acceptors (Lipinski definition) is 3. The summed E-state index contributed by atoms with van der Waals surface area (Å²) < 4.78 is 7.50. The van der Waals surface area contributed by atoms with Crippen molar-refractivity contribution < 1.29 is 9.84 Å². The van der Waals surface area contributed by atoms with Gasteiger partial charge in [0.05, 0.1) is 12.1 Å². The standard InChI is InChI=1S/C23H19NO3/c25-22-14-23(26)24(15-17-7-3-1-4-8-17)21-12-11-19(13-20(21)22)27-16-18-9-5-2-6-10-18/h1-14,25H,15-16H2. The smallest absolute Gasteiger partial charge is 0.255 e. The molecule has 0 fully saturated rings. The quantitative estimate of drug-likeness (QED) is 0.578. The van der Waals surface area contributed by atoms with E-state index in [0.717, 1.165) is 11.1 Å². The number of aromatic nitrogens is 1. The minimum absolute atomic E-state index is 0.0375. The normalized spacial score (nSPS) is 10.8. The van der Waals surface area contributed by atoms with E-state index in [-0.39, 0.29) is 11.3 Å². The van der Waals surface area contributed by atoms with Crippen LogP contribution in [0.3, 0.4) is 0 Å². The molecule has 3 aromatic carbocycles. The van der Waals surface area contributed by atoms with Gasteiger partial charge in [-0.2, -0.15) is 0 Å². The van der Waals surface area contributed by atoms with Gasteiger partial charge in [0.25, 0.3) is 5.56 Å². The summed E-state index contributed by atoms with van der Waals surface area (Å²) in [5.41, 5.74) is 2.53. The third-order valence-electron chi connectivity index (χ3n) is 4.49. The van der Waals surface area contributed by atoms with E-state index in [1.54, 1.807) is 10.6 Å². The molecular formula is C23H19NO3. The monoisotopic (exact) mass is 357 g/mol. The molecule has 4 nitrogen and oxygen atoms in total. The van der Waals surface area contributed by atoms with Crippen LogP contribution in [0.2, 0.25) is 0 Å². The fraction of sp³-hybridized carbons (Fsp3) is 0.0870. The Labute approximate surface area is 156 Å². The number of ether oxygens (including phenoxy) is 1. The van der Waals surface area contributed by atoms with Crippen molar-refractivity contribution in [3.8, 4) is 11.5 Å². The van der Waals surface area contributed by atoms with Gasteiger partial charge in [-0.3, -0.25) is 4.79 Å². The van der Waals surface area contributed by atoms with Gasteiger partial charge in [-0.1, -0.05) is 60.7 Å². The lowest BCUT2D eigenvalue weighted by atomic mass is 10.1. The summed E-state index contributed by atoms with van der Waals surface area (Å²) in [6.07, 6.45) is 0. The molecule has 0 spiro atoms. The molecule has 0 saturated carbocycles. The topological polar surface area (TPSA) is 51.5 Å². The van der Waals surface area contributed by atoms with Crippen molar-refractivity contribution in [2.45, 2.75) is 13.2 Å². The molecule has 1 aromatic heterocycles. The molecule has 4 heteroatoms. The molecule has 0 saturated heterocycles. The Bertz CT molecular complexity index is 1120. The molecular weight excluding hydrogens is 338 g/mol. The van der Waals surface area contributed by atoms with E-state index in [1.165, 1.54) is 6.07 Å². The molecule has 27 heavy (non-hydrogen) atoms. The maximum absolute atomic E-state index is 12.4. The van der Waals surface area contributed by atoms with Crippen molar-refractivity contribution in [3.05, 3.63) is 106 Å². The lowest BCUT2D eigenvalue weighted by Crippen LogP contribution is -2.20. The number of aromatic hydroxyl groups is 1. The van der Waals surface area contributed by atoms with Crippen molar-refractivity contribution in [2.75, 3.05) is 0 Å². The van der Waals surface area contributed by atoms with Crippen molar-refractivity contribution in [2.24, 2.45) is 0 Å². The predicted octanol–water partition coefficient (Wildman–Crippen LogP) is 4.33. The van der Waals surface area contributed by atoms with Crippen molar-refractivity contribution in [1.29, 1.82) is 0 Å². The van der Waals surface area contributed by atoms with Crippen LogP contribution in [0.1, 0.15) is 11.1 Å². The molecule has 0 atom stereocenters. The first kappa shape index (κ1) is 16.9. The molecule has 0 bridgehead atoms. The van der Waals surface area contributed by atoms with Gasteiger partial charge in [0.2, 0.25) is 0 Å². The molecule has 0 aliphatic heterocycles. The largest absolute Gasteiger partial charge is 0.507 e. The molecule has 1 N–H and O–H groups in total. The van der Waals surface area contributed by atoms with Gasteiger partial charge in [-0.05, 0) is 29.3 Å². The van der Waals surface area contributed by atoms with E-state index in [2.05, 4.69) is 0 Å². The Morgan fingerprint density at radius 2 is 1.48 bits per heavy atom. The maximum atomic E-state index is 12.4.